The molecule has 0 radical (unpaired) electrons. The van der Waals surface area contributed by atoms with Gasteiger partial charge in [-0.05, 0) is 62.3 Å². The summed E-state index contributed by atoms with van der Waals surface area (Å²) in [6, 6.07) is 7.19. The molecule has 3 aromatic heterocycles. The molecule has 4 N–H and O–H groups in total. The number of benzene rings is 1. The highest BCUT2D eigenvalue weighted by molar-refractivity contribution is 5.66. The van der Waals surface area contributed by atoms with E-state index in [1.807, 2.05) is 13.0 Å². The molecule has 194 valence electrons. The fourth-order valence-electron chi connectivity index (χ4n) is 5.05. The third kappa shape index (κ3) is 4.99. The lowest BCUT2D eigenvalue weighted by Crippen LogP contribution is -2.44. The van der Waals surface area contributed by atoms with Gasteiger partial charge in [0, 0.05) is 24.4 Å². The van der Waals surface area contributed by atoms with Crippen molar-refractivity contribution in [3.63, 3.8) is 0 Å². The molecule has 1 aliphatic carbocycles. The molecule has 0 spiro atoms. The molecule has 0 amide bonds. The van der Waals surface area contributed by atoms with E-state index < -0.39 is 17.7 Å². The summed E-state index contributed by atoms with van der Waals surface area (Å²) in [5, 5.41) is 18.1. The van der Waals surface area contributed by atoms with Gasteiger partial charge >= 0.3 is 0 Å². The fourth-order valence-corrected chi connectivity index (χ4v) is 5.05. The van der Waals surface area contributed by atoms with Gasteiger partial charge < -0.3 is 20.9 Å². The maximum atomic E-state index is 14.9. The summed E-state index contributed by atoms with van der Waals surface area (Å²) in [5.74, 6) is -0.849. The van der Waals surface area contributed by atoms with Gasteiger partial charge in [-0.1, -0.05) is 6.92 Å². The van der Waals surface area contributed by atoms with Crippen molar-refractivity contribution in [3.05, 3.63) is 66.1 Å². The number of nitrogens with two attached hydrogens (primary N) is 1. The first-order valence-corrected chi connectivity index (χ1v) is 12.4. The highest BCUT2D eigenvalue weighted by Gasteiger charge is 2.34. The van der Waals surface area contributed by atoms with Gasteiger partial charge in [-0.3, -0.25) is 4.98 Å². The second kappa shape index (κ2) is 10.0. The molecule has 1 saturated carbocycles. The van der Waals surface area contributed by atoms with Gasteiger partial charge in [0.05, 0.1) is 47.1 Å². The Hall–Kier alpha value is -3.63. The predicted octanol–water partition coefficient (Wildman–Crippen LogP) is 4.80. The van der Waals surface area contributed by atoms with Crippen molar-refractivity contribution in [3.8, 4) is 17.0 Å². The van der Waals surface area contributed by atoms with Crippen LogP contribution < -0.4 is 15.8 Å². The minimum absolute atomic E-state index is 0.0633. The lowest BCUT2D eigenvalue weighted by Gasteiger charge is -2.36. The van der Waals surface area contributed by atoms with E-state index in [2.05, 4.69) is 20.4 Å². The number of pyridine rings is 1. The zero-order valence-electron chi connectivity index (χ0n) is 20.9. The molecule has 1 fully saturated rings. The van der Waals surface area contributed by atoms with Gasteiger partial charge in [0.2, 0.25) is 5.95 Å². The lowest BCUT2D eigenvalue weighted by atomic mass is 9.74. The van der Waals surface area contributed by atoms with Crippen LogP contribution in [0.1, 0.15) is 45.1 Å². The number of nitrogens with one attached hydrogen (secondary N) is 1. The third-order valence-corrected chi connectivity index (χ3v) is 6.80. The smallest absolute Gasteiger partial charge is 0.229 e. The molecule has 0 aliphatic heterocycles. The number of aliphatic hydroxyl groups is 1. The lowest BCUT2D eigenvalue weighted by molar-refractivity contribution is 0.0521. The monoisotopic (exact) mass is 508 g/mol. The number of rotatable bonds is 6. The summed E-state index contributed by atoms with van der Waals surface area (Å²) in [6.07, 6.45) is 5.73. The Balaban J connectivity index is 1.48. The maximum absolute atomic E-state index is 14.9. The largest absolute Gasteiger partial charge is 0.491 e. The summed E-state index contributed by atoms with van der Waals surface area (Å²) < 4.78 is 36.8. The quantitative estimate of drug-likeness (QED) is 0.343. The molecule has 37 heavy (non-hydrogen) atoms. The van der Waals surface area contributed by atoms with Crippen LogP contribution in [0.2, 0.25) is 0 Å². The molecule has 4 aromatic rings. The van der Waals surface area contributed by atoms with Crippen LogP contribution in [0.5, 0.6) is 5.75 Å². The molecule has 4 atom stereocenters. The maximum Gasteiger partial charge on any atom is 0.229 e. The average Bonchev–Trinajstić information content (AvgIpc) is 3.24. The number of hydrogen-bond acceptors (Lipinski definition) is 7. The van der Waals surface area contributed by atoms with Crippen LogP contribution in [0.4, 0.5) is 20.4 Å². The second-order valence-electron chi connectivity index (χ2n) is 9.95. The second-order valence-corrected chi connectivity index (χ2v) is 9.95. The van der Waals surface area contributed by atoms with Crippen molar-refractivity contribution in [2.45, 2.75) is 57.8 Å². The number of halogens is 2. The Morgan fingerprint density at radius 2 is 1.89 bits per heavy atom. The van der Waals surface area contributed by atoms with Gasteiger partial charge in [0.25, 0.3) is 0 Å². The topological polar surface area (TPSA) is 111 Å². The van der Waals surface area contributed by atoms with E-state index in [0.717, 1.165) is 29.8 Å². The number of hydrogen-bond donors (Lipinski definition) is 3. The highest BCUT2D eigenvalue weighted by atomic mass is 19.1. The molecule has 0 unspecified atom stereocenters. The summed E-state index contributed by atoms with van der Waals surface area (Å²) in [4.78, 5) is 8.69. The first-order chi connectivity index (χ1) is 17.7. The summed E-state index contributed by atoms with van der Waals surface area (Å²) in [7, 11) is 0. The fraction of sp³-hybridized carbons (Fsp3) is 0.370. The standard InChI is InChI=1S/C27H30F2N6O2/c1-14(2)37-18-10-20(28)25(21(29)11-18)23-5-4-17-12-32-27(35(17)34-23)33-24-13-31-7-6-19(24)16-8-15(3)26(36)22(30)9-16/h4-7,10-16,22,26,36H,8-9,30H2,1-3H3,(H,32,33)/t15-,16+,22+,26+/m0/s1. The summed E-state index contributed by atoms with van der Waals surface area (Å²) in [6.45, 7) is 5.57. The Labute approximate surface area is 213 Å². The number of nitrogens with zero attached hydrogens (tertiary/aromatic N) is 4. The Bertz CT molecular complexity index is 1390. The zero-order chi connectivity index (χ0) is 26.3. The van der Waals surface area contributed by atoms with E-state index >= 15 is 0 Å². The van der Waals surface area contributed by atoms with Crippen LogP contribution >= 0.6 is 0 Å². The SMILES string of the molecule is CC(C)Oc1cc(F)c(-c2ccc3cnc(Nc4cnccc4[C@H]4C[C@@H](N)[C@H](O)[C@@H](C)C4)n3n2)c(F)c1. The molecule has 10 heteroatoms. The van der Waals surface area contributed by atoms with Crippen LogP contribution in [-0.2, 0) is 0 Å². The first kappa shape index (κ1) is 25.0. The van der Waals surface area contributed by atoms with Crippen molar-refractivity contribution in [2.24, 2.45) is 11.7 Å². The molecule has 3 heterocycles. The normalized spacial score (nSPS) is 21.9. The molecule has 0 bridgehead atoms. The van der Waals surface area contributed by atoms with Gasteiger partial charge in [-0.2, -0.15) is 9.61 Å². The van der Waals surface area contributed by atoms with Gasteiger partial charge in [-0.15, -0.1) is 0 Å². The van der Waals surface area contributed by atoms with E-state index in [0.29, 0.717) is 17.9 Å². The molecule has 1 aromatic carbocycles. The highest BCUT2D eigenvalue weighted by Crippen LogP contribution is 2.39. The number of fused-ring (bicyclic) bond motifs is 1. The molecular formula is C27H30F2N6O2. The minimum Gasteiger partial charge on any atom is -0.491 e. The Morgan fingerprint density at radius 3 is 2.59 bits per heavy atom. The van der Waals surface area contributed by atoms with Crippen molar-refractivity contribution < 1.29 is 18.6 Å². The van der Waals surface area contributed by atoms with Gasteiger partial charge in [0.1, 0.15) is 17.4 Å². The van der Waals surface area contributed by atoms with Gasteiger partial charge in [0.15, 0.2) is 0 Å². The van der Waals surface area contributed by atoms with Crippen LogP contribution in [-0.4, -0.2) is 42.9 Å². The van der Waals surface area contributed by atoms with E-state index in [9.17, 15) is 13.9 Å². The molecule has 1 aliphatic rings. The van der Waals surface area contributed by atoms with Crippen molar-refractivity contribution in [2.75, 3.05) is 5.32 Å². The third-order valence-electron chi connectivity index (χ3n) is 6.80. The van der Waals surface area contributed by atoms with E-state index in [4.69, 9.17) is 10.5 Å². The molecule has 8 nitrogen and oxygen atoms in total. The average molecular weight is 509 g/mol. The molecule has 0 saturated heterocycles. The number of aliphatic hydroxyl groups excluding tert-OH is 1. The number of ether oxygens (including phenoxy) is 1. The van der Waals surface area contributed by atoms with Crippen LogP contribution in [0, 0.1) is 17.6 Å². The van der Waals surface area contributed by atoms with Gasteiger partial charge in [-0.25, -0.2) is 13.8 Å². The molecule has 5 rings (SSSR count). The van der Waals surface area contributed by atoms with Crippen LogP contribution in [0.3, 0.4) is 0 Å². The van der Waals surface area contributed by atoms with Crippen molar-refractivity contribution in [1.82, 2.24) is 19.6 Å². The molecular weight excluding hydrogens is 478 g/mol. The van der Waals surface area contributed by atoms with E-state index in [1.54, 1.807) is 44.6 Å². The van der Waals surface area contributed by atoms with Crippen molar-refractivity contribution in [1.29, 1.82) is 0 Å². The summed E-state index contributed by atoms with van der Waals surface area (Å²) >= 11 is 0. The predicted molar refractivity (Wildman–Crippen MR) is 137 cm³/mol. The summed E-state index contributed by atoms with van der Waals surface area (Å²) in [5.41, 5.74) is 8.46. The van der Waals surface area contributed by atoms with E-state index in [-0.39, 0.29) is 41.0 Å². The zero-order valence-corrected chi connectivity index (χ0v) is 20.9. The first-order valence-electron chi connectivity index (χ1n) is 12.4. The van der Waals surface area contributed by atoms with Crippen LogP contribution in [0.15, 0.2) is 48.9 Å². The van der Waals surface area contributed by atoms with Crippen LogP contribution in [0.25, 0.3) is 16.8 Å². The minimum atomic E-state index is -0.767. The van der Waals surface area contributed by atoms with Crippen molar-refractivity contribution >= 4 is 17.2 Å². The number of imidazole rings is 1. The number of anilines is 2. The Kier molecular flexibility index (Phi) is 6.78. The number of aromatic nitrogens is 4. The van der Waals surface area contributed by atoms with E-state index in [1.165, 1.54) is 4.52 Å². The Morgan fingerprint density at radius 1 is 1.14 bits per heavy atom.